The number of hydrogen-bond acceptors (Lipinski definition) is 5. The molecule has 1 fully saturated rings. The summed E-state index contributed by atoms with van der Waals surface area (Å²) < 4.78 is 11.2. The summed E-state index contributed by atoms with van der Waals surface area (Å²) in [6.07, 6.45) is 1.82. The summed E-state index contributed by atoms with van der Waals surface area (Å²) in [5.74, 6) is 0.694. The Morgan fingerprint density at radius 3 is 2.37 bits per heavy atom. The quantitative estimate of drug-likeness (QED) is 0.388. The molecule has 7 nitrogen and oxygen atoms in total. The highest BCUT2D eigenvalue weighted by molar-refractivity contribution is 5.90. The first-order valence-corrected chi connectivity index (χ1v) is 11.8. The van der Waals surface area contributed by atoms with Gasteiger partial charge in [0.05, 0.1) is 7.11 Å². The lowest BCUT2D eigenvalue weighted by atomic mass is 10.0. The summed E-state index contributed by atoms with van der Waals surface area (Å²) in [5.41, 5.74) is 3.86. The highest BCUT2D eigenvalue weighted by atomic mass is 16.5. The van der Waals surface area contributed by atoms with Crippen molar-refractivity contribution in [1.82, 2.24) is 9.88 Å². The van der Waals surface area contributed by atoms with Crippen molar-refractivity contribution >= 4 is 22.6 Å². The molecule has 3 aromatic carbocycles. The number of rotatable bonds is 8. The Kier molecular flexibility index (Phi) is 6.59. The molecule has 1 aliphatic heterocycles. The Labute approximate surface area is 204 Å². The van der Waals surface area contributed by atoms with E-state index < -0.39 is 12.0 Å². The number of hydrogen-bond donors (Lipinski definition) is 2. The van der Waals surface area contributed by atoms with E-state index in [-0.39, 0.29) is 0 Å². The molecule has 1 unspecified atom stereocenters. The third-order valence-electron chi connectivity index (χ3n) is 6.58. The van der Waals surface area contributed by atoms with Gasteiger partial charge < -0.3 is 24.5 Å². The molecule has 180 valence electrons. The molecule has 1 aromatic heterocycles. The Balaban J connectivity index is 1.32. The van der Waals surface area contributed by atoms with Crippen LogP contribution in [0.15, 0.2) is 79.0 Å². The topological polar surface area (TPSA) is 78.0 Å². The van der Waals surface area contributed by atoms with Crippen molar-refractivity contribution in [3.8, 4) is 11.5 Å². The number of fused-ring (bicyclic) bond motifs is 1. The van der Waals surface area contributed by atoms with E-state index in [9.17, 15) is 9.90 Å². The Morgan fingerprint density at radius 1 is 0.971 bits per heavy atom. The van der Waals surface area contributed by atoms with Crippen LogP contribution in [0.2, 0.25) is 0 Å². The fraction of sp³-hybridized carbons (Fsp3) is 0.250. The molecule has 7 heteroatoms. The summed E-state index contributed by atoms with van der Waals surface area (Å²) in [4.78, 5) is 20.0. The lowest BCUT2D eigenvalue weighted by Gasteiger charge is -2.38. The molecule has 5 rings (SSSR count). The lowest BCUT2D eigenvalue weighted by molar-refractivity contribution is -0.143. The van der Waals surface area contributed by atoms with Crippen molar-refractivity contribution in [2.24, 2.45) is 0 Å². The van der Waals surface area contributed by atoms with E-state index in [4.69, 9.17) is 9.47 Å². The van der Waals surface area contributed by atoms with Gasteiger partial charge in [0.15, 0.2) is 0 Å². The molecule has 0 spiro atoms. The molecule has 1 aliphatic rings. The minimum atomic E-state index is -0.848. The predicted molar refractivity (Wildman–Crippen MR) is 136 cm³/mol. The summed E-state index contributed by atoms with van der Waals surface area (Å²) in [5, 5.41) is 11.1. The smallest absolute Gasteiger partial charge is 0.325 e. The third-order valence-corrected chi connectivity index (χ3v) is 6.58. The van der Waals surface area contributed by atoms with Gasteiger partial charge in [0.25, 0.3) is 0 Å². The average molecular weight is 472 g/mol. The minimum absolute atomic E-state index is 0.460. The second-order valence-corrected chi connectivity index (χ2v) is 8.69. The van der Waals surface area contributed by atoms with Gasteiger partial charge in [-0.05, 0) is 48.0 Å². The van der Waals surface area contributed by atoms with E-state index in [1.807, 2.05) is 83.9 Å². The molecule has 0 amide bonds. The summed E-state index contributed by atoms with van der Waals surface area (Å²) in [7, 11) is 1.66. The minimum Gasteiger partial charge on any atom is -0.497 e. The summed E-state index contributed by atoms with van der Waals surface area (Å²) >= 11 is 0. The van der Waals surface area contributed by atoms with E-state index in [1.54, 1.807) is 7.11 Å². The maximum atomic E-state index is 12.4. The number of ether oxygens (including phenoxy) is 2. The molecular weight excluding hydrogens is 442 g/mol. The average Bonchev–Trinajstić information content (AvgIpc) is 3.31. The van der Waals surface area contributed by atoms with Crippen LogP contribution in [0.1, 0.15) is 17.2 Å². The van der Waals surface area contributed by atoms with Gasteiger partial charge in [-0.3, -0.25) is 9.69 Å². The van der Waals surface area contributed by atoms with Crippen LogP contribution in [0.4, 0.5) is 5.69 Å². The van der Waals surface area contributed by atoms with Crippen molar-refractivity contribution in [3.63, 3.8) is 0 Å². The van der Waals surface area contributed by atoms with Crippen molar-refractivity contribution < 1.29 is 19.4 Å². The van der Waals surface area contributed by atoms with Gasteiger partial charge in [0.1, 0.15) is 24.1 Å². The maximum Gasteiger partial charge on any atom is 0.325 e. The zero-order chi connectivity index (χ0) is 24.2. The SMILES string of the molecule is COc1ccc(N2CCN(C(C(=O)O)c3c[nH]c4ccc(OCc5ccccc5)cc34)CC2)cc1. The molecule has 4 aromatic rings. The Morgan fingerprint density at radius 2 is 1.69 bits per heavy atom. The van der Waals surface area contributed by atoms with E-state index in [1.165, 1.54) is 0 Å². The zero-order valence-corrected chi connectivity index (χ0v) is 19.7. The fourth-order valence-corrected chi connectivity index (χ4v) is 4.70. The molecule has 35 heavy (non-hydrogen) atoms. The van der Waals surface area contributed by atoms with Crippen LogP contribution in [0.5, 0.6) is 11.5 Å². The van der Waals surface area contributed by atoms with Crippen molar-refractivity contribution in [1.29, 1.82) is 0 Å². The van der Waals surface area contributed by atoms with Crippen LogP contribution >= 0.6 is 0 Å². The molecule has 1 atom stereocenters. The molecule has 1 saturated heterocycles. The molecule has 2 N–H and O–H groups in total. The highest BCUT2D eigenvalue weighted by Gasteiger charge is 2.32. The number of aromatic amines is 1. The number of nitrogens with zero attached hydrogens (tertiary/aromatic N) is 2. The van der Waals surface area contributed by atoms with Crippen LogP contribution in [0.25, 0.3) is 10.9 Å². The summed E-state index contributed by atoms with van der Waals surface area (Å²) in [6.45, 7) is 3.27. The van der Waals surface area contributed by atoms with Crippen LogP contribution in [0, 0.1) is 0 Å². The zero-order valence-electron chi connectivity index (χ0n) is 19.7. The monoisotopic (exact) mass is 471 g/mol. The summed E-state index contributed by atoms with van der Waals surface area (Å²) in [6, 6.07) is 23.0. The van der Waals surface area contributed by atoms with E-state index in [2.05, 4.69) is 9.88 Å². The van der Waals surface area contributed by atoms with Gasteiger partial charge in [-0.2, -0.15) is 0 Å². The molecule has 0 bridgehead atoms. The van der Waals surface area contributed by atoms with Crippen LogP contribution in [-0.2, 0) is 11.4 Å². The second kappa shape index (κ2) is 10.1. The van der Waals surface area contributed by atoms with Crippen molar-refractivity contribution in [3.05, 3.63) is 90.1 Å². The number of piperazine rings is 1. The van der Waals surface area contributed by atoms with Crippen molar-refractivity contribution in [2.45, 2.75) is 12.6 Å². The first-order chi connectivity index (χ1) is 17.1. The lowest BCUT2D eigenvalue weighted by Crippen LogP contribution is -2.49. The van der Waals surface area contributed by atoms with Crippen LogP contribution in [-0.4, -0.2) is 54.2 Å². The van der Waals surface area contributed by atoms with Gasteiger partial charge in [0, 0.05) is 54.5 Å². The standard InChI is InChI=1S/C28H29N3O4/c1-34-22-9-7-21(8-10-22)30-13-15-31(16-14-30)27(28(32)33)25-18-29-26-12-11-23(17-24(25)26)35-19-20-5-3-2-4-6-20/h2-12,17-18,27,29H,13-16,19H2,1H3,(H,32,33). The first-order valence-electron chi connectivity index (χ1n) is 11.8. The van der Waals surface area contributed by atoms with Gasteiger partial charge in [-0.1, -0.05) is 30.3 Å². The number of aromatic nitrogens is 1. The number of nitrogens with one attached hydrogen (secondary N) is 1. The number of carboxylic acid groups (broad SMARTS) is 1. The molecule has 0 aliphatic carbocycles. The van der Waals surface area contributed by atoms with Crippen LogP contribution in [0.3, 0.4) is 0 Å². The Bertz CT molecular complexity index is 1280. The largest absolute Gasteiger partial charge is 0.497 e. The number of benzene rings is 3. The number of carboxylic acids is 1. The number of aliphatic carboxylic acids is 1. The molecule has 2 heterocycles. The normalized spacial score (nSPS) is 15.2. The van der Waals surface area contributed by atoms with Gasteiger partial charge in [0.2, 0.25) is 0 Å². The first kappa shape index (κ1) is 22.8. The Hall–Kier alpha value is -3.97. The number of methoxy groups -OCH3 is 1. The number of H-pyrrole nitrogens is 1. The predicted octanol–water partition coefficient (Wildman–Crippen LogP) is 4.70. The molecule has 0 radical (unpaired) electrons. The fourth-order valence-electron chi connectivity index (χ4n) is 4.70. The van der Waals surface area contributed by atoms with Gasteiger partial charge >= 0.3 is 5.97 Å². The second-order valence-electron chi connectivity index (χ2n) is 8.69. The third kappa shape index (κ3) is 4.95. The maximum absolute atomic E-state index is 12.4. The highest BCUT2D eigenvalue weighted by Crippen LogP contribution is 2.32. The van der Waals surface area contributed by atoms with Gasteiger partial charge in [-0.25, -0.2) is 0 Å². The van der Waals surface area contributed by atoms with E-state index >= 15 is 0 Å². The molecule has 0 saturated carbocycles. The van der Waals surface area contributed by atoms with E-state index in [0.29, 0.717) is 19.7 Å². The van der Waals surface area contributed by atoms with Crippen molar-refractivity contribution in [2.75, 3.05) is 38.2 Å². The van der Waals surface area contributed by atoms with Gasteiger partial charge in [-0.15, -0.1) is 0 Å². The van der Waals surface area contributed by atoms with E-state index in [0.717, 1.165) is 52.3 Å². The molecular formula is C28H29N3O4. The number of anilines is 1. The number of carbonyl (C=O) groups is 1. The van der Waals surface area contributed by atoms with Crippen LogP contribution < -0.4 is 14.4 Å².